The van der Waals surface area contributed by atoms with Crippen molar-refractivity contribution in [3.63, 3.8) is 0 Å². The van der Waals surface area contributed by atoms with E-state index in [1.54, 1.807) is 0 Å². The molecule has 0 aliphatic rings. The monoisotopic (exact) mass is 462 g/mol. The largest absolute Gasteiger partial charge is 0.478 e. The fraction of sp³-hybridized carbons (Fsp3) is 0.917. The summed E-state index contributed by atoms with van der Waals surface area (Å²) in [6.07, 6.45) is 10.2. The molecule has 0 saturated carbocycles. The van der Waals surface area contributed by atoms with Crippen LogP contribution in [0.1, 0.15) is 110 Å². The van der Waals surface area contributed by atoms with Crippen molar-refractivity contribution in [2.24, 2.45) is 0 Å². The van der Waals surface area contributed by atoms with Gasteiger partial charge in [-0.3, -0.25) is 4.79 Å². The van der Waals surface area contributed by atoms with Gasteiger partial charge in [-0.1, -0.05) is 96.8 Å². The van der Waals surface area contributed by atoms with Crippen LogP contribution in [0, 0.1) is 0 Å². The molecular weight excluding hydrogens is 416 g/mol. The summed E-state index contributed by atoms with van der Waals surface area (Å²) in [7, 11) is 0. The van der Waals surface area contributed by atoms with Crippen molar-refractivity contribution in [1.29, 1.82) is 0 Å². The van der Waals surface area contributed by atoms with Gasteiger partial charge in [-0.05, 0) is 6.42 Å². The molecule has 0 aromatic heterocycles. The molecule has 0 aromatic carbocycles. The minimum absolute atomic E-state index is 0.0212. The summed E-state index contributed by atoms with van der Waals surface area (Å²) in [5.41, 5.74) is 0. The van der Waals surface area contributed by atoms with Crippen LogP contribution in [-0.4, -0.2) is 68.5 Å². The summed E-state index contributed by atoms with van der Waals surface area (Å²) in [5.74, 6) is -2.41. The second-order valence-electron chi connectivity index (χ2n) is 8.68. The molecule has 32 heavy (non-hydrogen) atoms. The van der Waals surface area contributed by atoms with Crippen LogP contribution in [0.25, 0.3) is 0 Å². The molecule has 5 N–H and O–H groups in total. The third-order valence-electron chi connectivity index (χ3n) is 5.73. The van der Waals surface area contributed by atoms with Gasteiger partial charge in [0.15, 0.2) is 0 Å². The van der Waals surface area contributed by atoms with E-state index in [1.165, 1.54) is 70.6 Å². The molecule has 0 radical (unpaired) electrons. The molecule has 0 unspecified atom stereocenters. The Balaban J connectivity index is 3.74. The lowest BCUT2D eigenvalue weighted by Gasteiger charge is -2.26. The number of hydrogen-bond acceptors (Lipinski definition) is 7. The Morgan fingerprint density at radius 2 is 1.09 bits per heavy atom. The number of unbranched alkanes of at least 4 members (excludes halogenated alkanes) is 14. The second-order valence-corrected chi connectivity index (χ2v) is 8.68. The molecule has 0 aliphatic carbocycles. The Bertz CT molecular complexity index is 471. The highest BCUT2D eigenvalue weighted by atomic mass is 16.6. The van der Waals surface area contributed by atoms with Crippen molar-refractivity contribution >= 4 is 11.9 Å². The summed E-state index contributed by atoms with van der Waals surface area (Å²) in [6.45, 7) is 1.37. The third kappa shape index (κ3) is 15.6. The number of hydrogen-bond donors (Lipinski definition) is 5. The fourth-order valence-electron chi connectivity index (χ4n) is 3.62. The number of aliphatic carboxylic acids is 1. The topological polar surface area (TPSA) is 145 Å². The van der Waals surface area contributed by atoms with E-state index in [2.05, 4.69) is 6.92 Å². The van der Waals surface area contributed by atoms with Crippen LogP contribution in [0.5, 0.6) is 0 Å². The number of esters is 1. The van der Waals surface area contributed by atoms with E-state index in [0.717, 1.165) is 19.3 Å². The van der Waals surface area contributed by atoms with Gasteiger partial charge in [0.1, 0.15) is 18.3 Å². The molecule has 0 saturated heterocycles. The lowest BCUT2D eigenvalue weighted by atomic mass is 10.0. The maximum atomic E-state index is 11.9. The summed E-state index contributed by atoms with van der Waals surface area (Å²) < 4.78 is 4.77. The molecule has 0 heterocycles. The number of aliphatic hydroxyl groups excluding tert-OH is 4. The standard InChI is InChI=1S/C24H46O8/c1-2-3-4-5-6-7-8-9-10-11-12-13-14-15-16-17-20(27)32-23(24(30)31)22(29)21(28)19(26)18-25/h19,21-23,25-26,28-29H,2-18H2,1H3,(H,30,31)/t19-,21+,22+,23-/m1/s1. The zero-order chi connectivity index (χ0) is 24.2. The molecule has 0 fully saturated rings. The van der Waals surface area contributed by atoms with Crippen LogP contribution >= 0.6 is 0 Å². The smallest absolute Gasteiger partial charge is 0.347 e. The maximum Gasteiger partial charge on any atom is 0.347 e. The molecule has 0 aromatic rings. The zero-order valence-electron chi connectivity index (χ0n) is 19.8. The van der Waals surface area contributed by atoms with E-state index >= 15 is 0 Å². The predicted octanol–water partition coefficient (Wildman–Crippen LogP) is 3.32. The number of carbonyl (C=O) groups excluding carboxylic acids is 1. The Labute approximate surface area is 193 Å². The minimum atomic E-state index is -2.04. The lowest BCUT2D eigenvalue weighted by molar-refractivity contribution is -0.182. The molecule has 0 amide bonds. The van der Waals surface area contributed by atoms with E-state index in [0.29, 0.717) is 6.42 Å². The van der Waals surface area contributed by atoms with Crippen molar-refractivity contribution < 1.29 is 39.9 Å². The van der Waals surface area contributed by atoms with Crippen molar-refractivity contribution in [3.8, 4) is 0 Å². The van der Waals surface area contributed by atoms with E-state index < -0.39 is 43.0 Å². The van der Waals surface area contributed by atoms with Crippen LogP contribution < -0.4 is 0 Å². The highest BCUT2D eigenvalue weighted by molar-refractivity contribution is 5.78. The first kappa shape index (κ1) is 30.8. The Morgan fingerprint density at radius 1 is 0.688 bits per heavy atom. The highest BCUT2D eigenvalue weighted by Crippen LogP contribution is 2.15. The van der Waals surface area contributed by atoms with Crippen LogP contribution in [0.2, 0.25) is 0 Å². The minimum Gasteiger partial charge on any atom is -0.478 e. The average molecular weight is 463 g/mol. The van der Waals surface area contributed by atoms with Gasteiger partial charge in [0.05, 0.1) is 6.61 Å². The van der Waals surface area contributed by atoms with E-state index in [-0.39, 0.29) is 6.42 Å². The first-order valence-electron chi connectivity index (χ1n) is 12.4. The van der Waals surface area contributed by atoms with Gasteiger partial charge in [0.25, 0.3) is 0 Å². The van der Waals surface area contributed by atoms with E-state index in [9.17, 15) is 24.9 Å². The van der Waals surface area contributed by atoms with Crippen LogP contribution in [-0.2, 0) is 14.3 Å². The molecule has 0 aliphatic heterocycles. The zero-order valence-corrected chi connectivity index (χ0v) is 19.8. The molecule has 8 heteroatoms. The molecule has 0 rings (SSSR count). The Morgan fingerprint density at radius 3 is 1.47 bits per heavy atom. The van der Waals surface area contributed by atoms with Gasteiger partial charge in [0, 0.05) is 6.42 Å². The van der Waals surface area contributed by atoms with Gasteiger partial charge in [-0.15, -0.1) is 0 Å². The van der Waals surface area contributed by atoms with Crippen molar-refractivity contribution in [1.82, 2.24) is 0 Å². The fourth-order valence-corrected chi connectivity index (χ4v) is 3.62. The summed E-state index contributed by atoms with van der Waals surface area (Å²) in [5, 5.41) is 46.7. The van der Waals surface area contributed by atoms with Gasteiger partial charge in [-0.25, -0.2) is 4.79 Å². The first-order valence-corrected chi connectivity index (χ1v) is 12.4. The normalized spacial score (nSPS) is 15.2. The van der Waals surface area contributed by atoms with Crippen molar-refractivity contribution in [2.45, 2.75) is 134 Å². The van der Waals surface area contributed by atoms with Gasteiger partial charge < -0.3 is 30.3 Å². The van der Waals surface area contributed by atoms with Gasteiger partial charge in [0.2, 0.25) is 6.10 Å². The molecule has 0 spiro atoms. The number of carboxylic acids is 1. The first-order chi connectivity index (χ1) is 15.3. The average Bonchev–Trinajstić information content (AvgIpc) is 2.78. The number of aliphatic hydroxyl groups is 4. The number of ether oxygens (including phenoxy) is 1. The molecule has 0 bridgehead atoms. The van der Waals surface area contributed by atoms with E-state index in [4.69, 9.17) is 14.9 Å². The Hall–Kier alpha value is -1.22. The van der Waals surface area contributed by atoms with Crippen LogP contribution in [0.15, 0.2) is 0 Å². The summed E-state index contributed by atoms with van der Waals surface area (Å²) >= 11 is 0. The SMILES string of the molecule is CCCCCCCCCCCCCCCCCC(=O)O[C@@H](C(=O)O)[C@@H](O)[C@@H](O)[C@H](O)CO. The highest BCUT2D eigenvalue weighted by Gasteiger charge is 2.38. The van der Waals surface area contributed by atoms with Crippen molar-refractivity contribution in [2.75, 3.05) is 6.61 Å². The van der Waals surface area contributed by atoms with Crippen LogP contribution in [0.3, 0.4) is 0 Å². The molecular formula is C24H46O8. The number of carbonyl (C=O) groups is 2. The van der Waals surface area contributed by atoms with Gasteiger partial charge in [-0.2, -0.15) is 0 Å². The van der Waals surface area contributed by atoms with Crippen LogP contribution in [0.4, 0.5) is 0 Å². The number of carboxylic acid groups (broad SMARTS) is 1. The number of rotatable bonds is 22. The predicted molar refractivity (Wildman–Crippen MR) is 122 cm³/mol. The molecule has 4 atom stereocenters. The quantitative estimate of drug-likeness (QED) is 0.122. The molecule has 8 nitrogen and oxygen atoms in total. The maximum absolute atomic E-state index is 11.9. The van der Waals surface area contributed by atoms with E-state index in [1.807, 2.05) is 0 Å². The summed E-state index contributed by atoms with van der Waals surface area (Å²) in [6, 6.07) is 0. The van der Waals surface area contributed by atoms with Gasteiger partial charge >= 0.3 is 11.9 Å². The van der Waals surface area contributed by atoms with Crippen molar-refractivity contribution in [3.05, 3.63) is 0 Å². The molecule has 190 valence electrons. The third-order valence-corrected chi connectivity index (χ3v) is 5.73. The lowest BCUT2D eigenvalue weighted by Crippen LogP contribution is -2.50. The second kappa shape index (κ2) is 20.4. The summed E-state index contributed by atoms with van der Waals surface area (Å²) in [4.78, 5) is 23.1. The Kier molecular flexibility index (Phi) is 19.6.